The van der Waals surface area contributed by atoms with Crippen LogP contribution in [0.2, 0.25) is 0 Å². The summed E-state index contributed by atoms with van der Waals surface area (Å²) in [6, 6.07) is 8.31. The minimum Gasteiger partial charge on any atom is -0.497 e. The fraction of sp³-hybridized carbons (Fsp3) is 0.400. The zero-order chi connectivity index (χ0) is 13.8. The third kappa shape index (κ3) is 2.96. The van der Waals surface area contributed by atoms with Gasteiger partial charge in [-0.3, -0.25) is 4.68 Å². The lowest BCUT2D eigenvalue weighted by atomic mass is 9.99. The molecule has 4 nitrogen and oxygen atoms in total. The van der Waals surface area contributed by atoms with Crippen LogP contribution in [0.5, 0.6) is 5.75 Å². The van der Waals surface area contributed by atoms with E-state index in [0.717, 1.165) is 18.0 Å². The van der Waals surface area contributed by atoms with Crippen molar-refractivity contribution in [2.45, 2.75) is 19.9 Å². The quantitative estimate of drug-likeness (QED) is 0.896. The summed E-state index contributed by atoms with van der Waals surface area (Å²) >= 11 is 0. The van der Waals surface area contributed by atoms with Gasteiger partial charge in [-0.05, 0) is 31.2 Å². The number of methoxy groups -OCH3 is 1. The highest BCUT2D eigenvalue weighted by molar-refractivity contribution is 5.37. The molecular weight excluding hydrogens is 238 g/mol. The van der Waals surface area contributed by atoms with Crippen molar-refractivity contribution in [2.24, 2.45) is 7.05 Å². The standard InChI is InChI=1S/C15H21N3O/c1-5-16-15(14-10-18(3)17-11(14)2)12-7-6-8-13(9-12)19-4/h6-10,15-16H,5H2,1-4H3. The van der Waals surface area contributed by atoms with Gasteiger partial charge in [-0.15, -0.1) is 0 Å². The van der Waals surface area contributed by atoms with E-state index >= 15 is 0 Å². The summed E-state index contributed by atoms with van der Waals surface area (Å²) < 4.78 is 7.16. The summed E-state index contributed by atoms with van der Waals surface area (Å²) in [7, 11) is 3.64. The number of benzene rings is 1. The Bertz CT molecular complexity index is 548. The molecule has 1 N–H and O–H groups in total. The minimum absolute atomic E-state index is 0.147. The molecule has 19 heavy (non-hydrogen) atoms. The Morgan fingerprint density at radius 1 is 1.42 bits per heavy atom. The van der Waals surface area contributed by atoms with Crippen LogP contribution in [0.4, 0.5) is 0 Å². The Morgan fingerprint density at radius 2 is 2.21 bits per heavy atom. The predicted octanol–water partition coefficient (Wildman–Crippen LogP) is 2.44. The SMILES string of the molecule is CCNC(c1cccc(OC)c1)c1cn(C)nc1C. The molecule has 0 aliphatic rings. The highest BCUT2D eigenvalue weighted by atomic mass is 16.5. The van der Waals surface area contributed by atoms with E-state index in [0.29, 0.717) is 0 Å². The molecule has 2 aromatic rings. The Labute approximate surface area is 114 Å². The Balaban J connectivity index is 2.41. The average Bonchev–Trinajstić information content (AvgIpc) is 2.75. The van der Waals surface area contributed by atoms with Crippen LogP contribution in [-0.4, -0.2) is 23.4 Å². The summed E-state index contributed by atoms with van der Waals surface area (Å²) in [6.07, 6.45) is 2.07. The maximum atomic E-state index is 5.31. The molecule has 1 unspecified atom stereocenters. The molecule has 1 heterocycles. The molecule has 0 spiro atoms. The van der Waals surface area contributed by atoms with Crippen molar-refractivity contribution in [1.82, 2.24) is 15.1 Å². The molecule has 1 aromatic heterocycles. The highest BCUT2D eigenvalue weighted by Gasteiger charge is 2.18. The normalized spacial score (nSPS) is 12.4. The van der Waals surface area contributed by atoms with Gasteiger partial charge >= 0.3 is 0 Å². The Morgan fingerprint density at radius 3 is 2.79 bits per heavy atom. The second-order valence-electron chi connectivity index (χ2n) is 4.61. The maximum absolute atomic E-state index is 5.31. The predicted molar refractivity (Wildman–Crippen MR) is 76.5 cm³/mol. The lowest BCUT2D eigenvalue weighted by molar-refractivity contribution is 0.413. The van der Waals surface area contributed by atoms with Crippen molar-refractivity contribution in [1.29, 1.82) is 0 Å². The van der Waals surface area contributed by atoms with E-state index in [-0.39, 0.29) is 6.04 Å². The van der Waals surface area contributed by atoms with Gasteiger partial charge in [-0.1, -0.05) is 19.1 Å². The van der Waals surface area contributed by atoms with Gasteiger partial charge in [0.15, 0.2) is 0 Å². The van der Waals surface area contributed by atoms with Crippen LogP contribution in [0.1, 0.15) is 29.8 Å². The van der Waals surface area contributed by atoms with Gasteiger partial charge in [-0.2, -0.15) is 5.10 Å². The fourth-order valence-electron chi connectivity index (χ4n) is 2.33. The van der Waals surface area contributed by atoms with Crippen molar-refractivity contribution < 1.29 is 4.74 Å². The molecule has 0 aliphatic heterocycles. The second kappa shape index (κ2) is 5.89. The molecule has 1 atom stereocenters. The van der Waals surface area contributed by atoms with Gasteiger partial charge in [-0.25, -0.2) is 0 Å². The fourth-order valence-corrected chi connectivity index (χ4v) is 2.33. The Kier molecular flexibility index (Phi) is 4.22. The lowest BCUT2D eigenvalue weighted by Crippen LogP contribution is -2.22. The van der Waals surface area contributed by atoms with Crippen molar-refractivity contribution in [2.75, 3.05) is 13.7 Å². The molecule has 0 saturated carbocycles. The number of hydrogen-bond acceptors (Lipinski definition) is 3. The summed E-state index contributed by atoms with van der Waals surface area (Å²) in [5.41, 5.74) is 3.45. The first-order chi connectivity index (χ1) is 9.15. The van der Waals surface area contributed by atoms with E-state index in [2.05, 4.69) is 35.7 Å². The van der Waals surface area contributed by atoms with Crippen molar-refractivity contribution in [3.8, 4) is 5.75 Å². The van der Waals surface area contributed by atoms with Crippen LogP contribution in [0.3, 0.4) is 0 Å². The molecule has 0 radical (unpaired) electrons. The van der Waals surface area contributed by atoms with Gasteiger partial charge in [0, 0.05) is 18.8 Å². The minimum atomic E-state index is 0.147. The molecule has 0 bridgehead atoms. The van der Waals surface area contributed by atoms with E-state index in [1.54, 1.807) is 7.11 Å². The third-order valence-corrected chi connectivity index (χ3v) is 3.20. The van der Waals surface area contributed by atoms with E-state index in [1.807, 2.05) is 30.8 Å². The second-order valence-corrected chi connectivity index (χ2v) is 4.61. The van der Waals surface area contributed by atoms with Gasteiger partial charge in [0.05, 0.1) is 18.8 Å². The van der Waals surface area contributed by atoms with Crippen LogP contribution < -0.4 is 10.1 Å². The number of nitrogens with one attached hydrogen (secondary N) is 1. The third-order valence-electron chi connectivity index (χ3n) is 3.20. The van der Waals surface area contributed by atoms with Crippen LogP contribution >= 0.6 is 0 Å². The number of aryl methyl sites for hydroxylation is 2. The lowest BCUT2D eigenvalue weighted by Gasteiger charge is -2.18. The first kappa shape index (κ1) is 13.6. The van der Waals surface area contributed by atoms with Crippen molar-refractivity contribution in [3.05, 3.63) is 47.3 Å². The number of rotatable bonds is 5. The van der Waals surface area contributed by atoms with Gasteiger partial charge in [0.1, 0.15) is 5.75 Å². The first-order valence-electron chi connectivity index (χ1n) is 6.53. The van der Waals surface area contributed by atoms with E-state index in [9.17, 15) is 0 Å². The molecular formula is C15H21N3O. The maximum Gasteiger partial charge on any atom is 0.119 e. The summed E-state index contributed by atoms with van der Waals surface area (Å²) in [5, 5.41) is 7.94. The van der Waals surface area contributed by atoms with Crippen LogP contribution in [0.25, 0.3) is 0 Å². The smallest absolute Gasteiger partial charge is 0.119 e. The van der Waals surface area contributed by atoms with Crippen LogP contribution in [0, 0.1) is 6.92 Å². The summed E-state index contributed by atoms with van der Waals surface area (Å²) in [4.78, 5) is 0. The van der Waals surface area contributed by atoms with Gasteiger partial charge in [0.2, 0.25) is 0 Å². The van der Waals surface area contributed by atoms with Gasteiger partial charge in [0.25, 0.3) is 0 Å². The number of hydrogen-bond donors (Lipinski definition) is 1. The van der Waals surface area contributed by atoms with Crippen LogP contribution in [-0.2, 0) is 7.05 Å². The largest absolute Gasteiger partial charge is 0.497 e. The zero-order valence-electron chi connectivity index (χ0n) is 12.0. The average molecular weight is 259 g/mol. The number of ether oxygens (including phenoxy) is 1. The zero-order valence-corrected chi connectivity index (χ0v) is 12.0. The van der Waals surface area contributed by atoms with Crippen molar-refractivity contribution >= 4 is 0 Å². The molecule has 0 amide bonds. The Hall–Kier alpha value is -1.81. The monoisotopic (exact) mass is 259 g/mol. The van der Waals surface area contributed by atoms with E-state index in [1.165, 1.54) is 11.1 Å². The molecule has 0 fully saturated rings. The summed E-state index contributed by atoms with van der Waals surface area (Å²) in [6.45, 7) is 5.05. The van der Waals surface area contributed by atoms with Gasteiger partial charge < -0.3 is 10.1 Å². The molecule has 1 aromatic carbocycles. The van der Waals surface area contributed by atoms with E-state index < -0.39 is 0 Å². The van der Waals surface area contributed by atoms with Crippen LogP contribution in [0.15, 0.2) is 30.5 Å². The van der Waals surface area contributed by atoms with E-state index in [4.69, 9.17) is 4.74 Å². The summed E-state index contributed by atoms with van der Waals surface area (Å²) in [5.74, 6) is 0.877. The molecule has 0 aliphatic carbocycles. The first-order valence-corrected chi connectivity index (χ1v) is 6.53. The highest BCUT2D eigenvalue weighted by Crippen LogP contribution is 2.26. The van der Waals surface area contributed by atoms with Crippen molar-refractivity contribution in [3.63, 3.8) is 0 Å². The molecule has 102 valence electrons. The molecule has 0 saturated heterocycles. The topological polar surface area (TPSA) is 39.1 Å². The molecule has 4 heteroatoms. The molecule has 2 rings (SSSR count). The number of aromatic nitrogens is 2. The number of nitrogens with zero attached hydrogens (tertiary/aromatic N) is 2.